The maximum atomic E-state index is 14.4. The number of aromatic nitrogens is 1. The smallest absolute Gasteiger partial charge is 0.387 e. The minimum atomic E-state index is -3.43. The van der Waals surface area contributed by atoms with E-state index in [0.29, 0.717) is 4.73 Å². The summed E-state index contributed by atoms with van der Waals surface area (Å²) >= 11 is 0. The van der Waals surface area contributed by atoms with Crippen LogP contribution in [-0.2, 0) is 9.53 Å². The zero-order chi connectivity index (χ0) is 24.7. The first-order valence-electron chi connectivity index (χ1n) is 9.95. The second-order valence-electron chi connectivity index (χ2n) is 8.24. The largest absolute Gasteiger partial charge is 0.431 e. The van der Waals surface area contributed by atoms with Gasteiger partial charge in [-0.25, -0.2) is 9.38 Å². The number of carbonyl (C=O) groups excluding carboxylic acids is 2. The molecule has 0 spiro atoms. The topological polar surface area (TPSA) is 90.1 Å². The van der Waals surface area contributed by atoms with Crippen LogP contribution in [0.15, 0.2) is 35.5 Å². The van der Waals surface area contributed by atoms with Crippen molar-refractivity contribution in [2.75, 3.05) is 0 Å². The van der Waals surface area contributed by atoms with E-state index in [-0.39, 0.29) is 16.6 Å². The molecule has 0 radical (unpaired) electrons. The van der Waals surface area contributed by atoms with Gasteiger partial charge in [0.05, 0.1) is 11.0 Å². The molecular weight excluding hydrogens is 448 g/mol. The van der Waals surface area contributed by atoms with Crippen molar-refractivity contribution < 1.29 is 41.8 Å². The van der Waals surface area contributed by atoms with Crippen LogP contribution in [0.2, 0.25) is 0 Å². The molecule has 33 heavy (non-hydrogen) atoms. The summed E-state index contributed by atoms with van der Waals surface area (Å²) in [4.78, 5) is 28.7. The van der Waals surface area contributed by atoms with E-state index in [4.69, 9.17) is 4.74 Å². The molecular formula is C22H22F4N2O5. The molecule has 3 atom stereocenters. The maximum Gasteiger partial charge on any atom is 0.387 e. The molecule has 7 nitrogen and oxygen atoms in total. The van der Waals surface area contributed by atoms with E-state index in [1.54, 1.807) is 20.8 Å². The maximum absolute atomic E-state index is 14.4. The molecule has 1 aliphatic heterocycles. The van der Waals surface area contributed by atoms with Crippen LogP contribution in [0.1, 0.15) is 49.7 Å². The second-order valence-corrected chi connectivity index (χ2v) is 8.24. The van der Waals surface area contributed by atoms with Crippen molar-refractivity contribution in [1.29, 1.82) is 0 Å². The molecule has 1 aromatic heterocycles. The summed E-state index contributed by atoms with van der Waals surface area (Å²) < 4.78 is 64.8. The van der Waals surface area contributed by atoms with E-state index in [9.17, 15) is 32.4 Å². The van der Waals surface area contributed by atoms with Gasteiger partial charge in [-0.2, -0.15) is 17.9 Å². The Morgan fingerprint density at radius 1 is 1.24 bits per heavy atom. The third kappa shape index (κ3) is 4.77. The molecule has 1 aromatic carbocycles. The highest BCUT2D eigenvalue weighted by molar-refractivity contribution is 5.92. The molecule has 1 saturated heterocycles. The Morgan fingerprint density at radius 2 is 1.91 bits per heavy atom. The summed E-state index contributed by atoms with van der Waals surface area (Å²) in [5.74, 6) is -6.83. The van der Waals surface area contributed by atoms with Crippen LogP contribution in [0.25, 0.3) is 0 Å². The predicted molar refractivity (Wildman–Crippen MR) is 106 cm³/mol. The van der Waals surface area contributed by atoms with Gasteiger partial charge in [0.2, 0.25) is 5.82 Å². The van der Waals surface area contributed by atoms with Crippen molar-refractivity contribution in [3.63, 3.8) is 0 Å². The van der Waals surface area contributed by atoms with Gasteiger partial charge in [-0.15, -0.1) is 0 Å². The molecule has 1 amide bonds. The van der Waals surface area contributed by atoms with Gasteiger partial charge in [0.15, 0.2) is 17.3 Å². The number of hydrogen-bond donors (Lipinski definition) is 1. The molecule has 2 aromatic rings. The van der Waals surface area contributed by atoms with E-state index in [0.717, 1.165) is 18.3 Å². The number of rotatable bonds is 5. The van der Waals surface area contributed by atoms with Crippen LogP contribution < -0.4 is 10.1 Å². The number of pyridine rings is 1. The van der Waals surface area contributed by atoms with Crippen molar-refractivity contribution in [3.8, 4) is 5.75 Å². The first kappa shape index (κ1) is 24.4. The summed E-state index contributed by atoms with van der Waals surface area (Å²) in [5.41, 5.74) is -1.25. The fourth-order valence-corrected chi connectivity index (χ4v) is 3.86. The Bertz CT molecular complexity index is 1160. The highest BCUT2D eigenvalue weighted by atomic mass is 19.3. The second kappa shape index (κ2) is 8.97. The Morgan fingerprint density at radius 3 is 2.52 bits per heavy atom. The van der Waals surface area contributed by atoms with Gasteiger partial charge in [-0.3, -0.25) is 9.59 Å². The van der Waals surface area contributed by atoms with Crippen molar-refractivity contribution in [2.45, 2.75) is 51.9 Å². The van der Waals surface area contributed by atoms with Gasteiger partial charge in [0, 0.05) is 24.6 Å². The third-order valence-corrected chi connectivity index (χ3v) is 5.80. The molecule has 11 heteroatoms. The average molecular weight is 470 g/mol. The SMILES string of the molecule is CC(=O)c1cc(=NC(=O)[C@H]2OC(C)(C)[C@@H](C)[C@@H]2c2ccc(F)c(F)c2OC(F)F)ccn1O. The van der Waals surface area contributed by atoms with Crippen LogP contribution in [-0.4, -0.2) is 39.9 Å². The Labute approximate surface area is 186 Å². The van der Waals surface area contributed by atoms with Crippen molar-refractivity contribution >= 4 is 11.7 Å². The first-order valence-corrected chi connectivity index (χ1v) is 9.95. The third-order valence-electron chi connectivity index (χ3n) is 5.80. The van der Waals surface area contributed by atoms with Crippen molar-refractivity contribution in [1.82, 2.24) is 4.73 Å². The molecule has 2 heterocycles. The van der Waals surface area contributed by atoms with Gasteiger partial charge in [-0.1, -0.05) is 13.0 Å². The normalized spacial score (nSPS) is 22.6. The van der Waals surface area contributed by atoms with Crippen LogP contribution in [0.3, 0.4) is 0 Å². The van der Waals surface area contributed by atoms with Gasteiger partial charge in [-0.05, 0) is 38.0 Å². The zero-order valence-corrected chi connectivity index (χ0v) is 18.2. The van der Waals surface area contributed by atoms with Crippen molar-refractivity contribution in [2.24, 2.45) is 10.9 Å². The summed E-state index contributed by atoms with van der Waals surface area (Å²) in [7, 11) is 0. The van der Waals surface area contributed by atoms with Crippen LogP contribution >= 0.6 is 0 Å². The molecule has 3 rings (SSSR count). The molecule has 178 valence electrons. The number of ether oxygens (including phenoxy) is 2. The lowest BCUT2D eigenvalue weighted by molar-refractivity contribution is -0.133. The van der Waals surface area contributed by atoms with E-state index >= 15 is 0 Å². The number of halogens is 4. The quantitative estimate of drug-likeness (QED) is 0.408. The summed E-state index contributed by atoms with van der Waals surface area (Å²) in [6.45, 7) is 2.79. The summed E-state index contributed by atoms with van der Waals surface area (Å²) in [6.07, 6.45) is -0.228. The highest BCUT2D eigenvalue weighted by Crippen LogP contribution is 2.49. The lowest BCUT2D eigenvalue weighted by atomic mass is 9.78. The number of Topliss-reactive ketones (excluding diaryl/α,β-unsaturated/α-hetero) is 1. The lowest BCUT2D eigenvalue weighted by Gasteiger charge is -2.26. The predicted octanol–water partition coefficient (Wildman–Crippen LogP) is 3.83. The van der Waals surface area contributed by atoms with Crippen molar-refractivity contribution in [3.05, 3.63) is 58.7 Å². The molecule has 1 N–H and O–H groups in total. The van der Waals surface area contributed by atoms with Gasteiger partial charge < -0.3 is 14.7 Å². The monoisotopic (exact) mass is 470 g/mol. The van der Waals surface area contributed by atoms with Gasteiger partial charge in [0.25, 0.3) is 5.91 Å². The van der Waals surface area contributed by atoms with E-state index in [1.807, 2.05) is 0 Å². The standard InChI is InChI=1S/C22H22F4N2O5/c1-10-16(13-5-6-14(23)17(24)18(13)32-21(25)26)19(33-22(10,3)4)20(30)27-12-7-8-28(31)15(9-12)11(2)29/h5-10,16,19,21,31H,1-4H3/t10-,16+,19-/m0/s1. The molecule has 1 aliphatic rings. The Kier molecular flexibility index (Phi) is 6.64. The highest BCUT2D eigenvalue weighted by Gasteiger charge is 2.51. The number of ketones is 1. The van der Waals surface area contributed by atoms with Gasteiger partial charge in [0.1, 0.15) is 11.8 Å². The fraction of sp³-hybridized carbons (Fsp3) is 0.409. The minimum Gasteiger partial charge on any atom is -0.431 e. The number of hydrogen-bond acceptors (Lipinski definition) is 5. The molecule has 0 aliphatic carbocycles. The summed E-state index contributed by atoms with van der Waals surface area (Å²) in [5, 5.41) is 9.73. The molecule has 0 unspecified atom stereocenters. The number of carbonyl (C=O) groups is 2. The molecule has 0 bridgehead atoms. The van der Waals surface area contributed by atoms with Crippen LogP contribution in [0, 0.1) is 17.6 Å². The lowest BCUT2D eigenvalue weighted by Crippen LogP contribution is -2.29. The minimum absolute atomic E-state index is 0.0320. The Hall–Kier alpha value is -3.21. The average Bonchev–Trinajstić information content (AvgIpc) is 2.96. The molecule has 1 fully saturated rings. The van der Waals surface area contributed by atoms with Gasteiger partial charge >= 0.3 is 6.61 Å². The molecule has 0 saturated carbocycles. The van der Waals surface area contributed by atoms with Crippen LogP contribution in [0.5, 0.6) is 5.75 Å². The van der Waals surface area contributed by atoms with E-state index in [2.05, 4.69) is 9.73 Å². The van der Waals surface area contributed by atoms with E-state index in [1.165, 1.54) is 19.1 Å². The number of alkyl halides is 2. The number of nitrogens with zero attached hydrogens (tertiary/aromatic N) is 2. The first-order chi connectivity index (χ1) is 15.3. The number of amides is 1. The fourth-order valence-electron chi connectivity index (χ4n) is 3.86. The number of benzene rings is 1. The van der Waals surface area contributed by atoms with E-state index < -0.39 is 59.2 Å². The Balaban J connectivity index is 2.11. The zero-order valence-electron chi connectivity index (χ0n) is 18.2. The summed E-state index contributed by atoms with van der Waals surface area (Å²) in [6, 6.07) is 4.29. The van der Waals surface area contributed by atoms with Crippen LogP contribution in [0.4, 0.5) is 17.6 Å².